The molecule has 0 aliphatic heterocycles. The lowest BCUT2D eigenvalue weighted by Crippen LogP contribution is -2.38. The first-order chi connectivity index (χ1) is 11.5. The summed E-state index contributed by atoms with van der Waals surface area (Å²) >= 11 is 5.87. The minimum Gasteiger partial charge on any atom is -0.481 e. The fourth-order valence-corrected chi connectivity index (χ4v) is 2.62. The summed E-state index contributed by atoms with van der Waals surface area (Å²) in [6, 6.07) is 7.28. The molecule has 1 heterocycles. The van der Waals surface area contributed by atoms with Gasteiger partial charge >= 0.3 is 5.97 Å². The lowest BCUT2D eigenvalue weighted by atomic mass is 10.1. The lowest BCUT2D eigenvalue weighted by Gasteiger charge is -2.23. The summed E-state index contributed by atoms with van der Waals surface area (Å²) in [7, 11) is 0. The Morgan fingerprint density at radius 1 is 1.38 bits per heavy atom. The highest BCUT2D eigenvalue weighted by molar-refractivity contribution is 6.30. The van der Waals surface area contributed by atoms with Crippen molar-refractivity contribution in [1.82, 2.24) is 14.7 Å². The molecule has 1 saturated carbocycles. The van der Waals surface area contributed by atoms with E-state index in [9.17, 15) is 9.59 Å². The summed E-state index contributed by atoms with van der Waals surface area (Å²) < 4.78 is 1.61. The van der Waals surface area contributed by atoms with E-state index in [1.165, 1.54) is 6.20 Å². The second-order valence-electron chi connectivity index (χ2n) is 6.08. The van der Waals surface area contributed by atoms with Gasteiger partial charge in [-0.3, -0.25) is 9.59 Å². The van der Waals surface area contributed by atoms with E-state index in [2.05, 4.69) is 5.10 Å². The van der Waals surface area contributed by atoms with Crippen LogP contribution in [0.25, 0.3) is 5.69 Å². The Morgan fingerprint density at radius 2 is 2.04 bits per heavy atom. The zero-order valence-corrected chi connectivity index (χ0v) is 14.0. The molecule has 1 N–H and O–H groups in total. The number of carboxylic acid groups (broad SMARTS) is 1. The zero-order valence-electron chi connectivity index (χ0n) is 13.2. The zero-order chi connectivity index (χ0) is 17.3. The smallest absolute Gasteiger partial charge is 0.308 e. The van der Waals surface area contributed by atoms with E-state index in [4.69, 9.17) is 16.7 Å². The van der Waals surface area contributed by atoms with Crippen LogP contribution in [0.3, 0.4) is 0 Å². The van der Waals surface area contributed by atoms with Crippen LogP contribution < -0.4 is 0 Å². The summed E-state index contributed by atoms with van der Waals surface area (Å²) in [5.41, 5.74) is 1.25. The minimum atomic E-state index is -0.898. The van der Waals surface area contributed by atoms with Gasteiger partial charge in [0.1, 0.15) is 0 Å². The first kappa shape index (κ1) is 16.5. The number of benzene rings is 1. The number of aliphatic carboxylic acids is 1. The molecule has 1 aromatic heterocycles. The highest BCUT2D eigenvalue weighted by Crippen LogP contribution is 2.29. The molecule has 1 amide bonds. The predicted molar refractivity (Wildman–Crippen MR) is 89.4 cm³/mol. The molecule has 126 valence electrons. The predicted octanol–water partition coefficient (Wildman–Crippen LogP) is 2.85. The number of aromatic nitrogens is 2. The molecular weight excluding hydrogens is 330 g/mol. The van der Waals surface area contributed by atoms with Crippen LogP contribution in [0, 0.1) is 5.92 Å². The molecule has 24 heavy (non-hydrogen) atoms. The monoisotopic (exact) mass is 347 g/mol. The third-order valence-corrected chi connectivity index (χ3v) is 4.31. The van der Waals surface area contributed by atoms with Gasteiger partial charge in [0.15, 0.2) is 0 Å². The van der Waals surface area contributed by atoms with Gasteiger partial charge in [0.25, 0.3) is 5.91 Å². The molecule has 1 unspecified atom stereocenters. The van der Waals surface area contributed by atoms with Gasteiger partial charge in [-0.05, 0) is 37.1 Å². The first-order valence-corrected chi connectivity index (χ1v) is 8.18. The number of amides is 1. The SMILES string of the molecule is CC(CN(C(=O)c1cnn(-c2ccc(Cl)cc2)c1)C1CC1)C(=O)O. The van der Waals surface area contributed by atoms with E-state index in [1.807, 2.05) is 12.1 Å². The molecule has 0 radical (unpaired) electrons. The van der Waals surface area contributed by atoms with Crippen molar-refractivity contribution in [3.05, 3.63) is 47.2 Å². The third kappa shape index (κ3) is 3.59. The van der Waals surface area contributed by atoms with Gasteiger partial charge in [-0.1, -0.05) is 18.5 Å². The largest absolute Gasteiger partial charge is 0.481 e. The van der Waals surface area contributed by atoms with Gasteiger partial charge in [-0.2, -0.15) is 5.10 Å². The summed E-state index contributed by atoms with van der Waals surface area (Å²) in [4.78, 5) is 25.5. The number of carbonyl (C=O) groups excluding carboxylic acids is 1. The molecular formula is C17H18ClN3O3. The van der Waals surface area contributed by atoms with Crippen molar-refractivity contribution in [2.75, 3.05) is 6.54 Å². The lowest BCUT2D eigenvalue weighted by molar-refractivity contribution is -0.141. The number of carboxylic acids is 1. The standard InChI is InChI=1S/C17H18ClN3O3/c1-11(17(23)24)9-20(14-6-7-14)16(22)12-8-19-21(10-12)15-4-2-13(18)3-5-15/h2-5,8,10-11,14H,6-7,9H2,1H3,(H,23,24). The molecule has 1 aromatic carbocycles. The summed E-state index contributed by atoms with van der Waals surface area (Å²) in [5, 5.41) is 13.9. The Kier molecular flexibility index (Phi) is 4.57. The molecule has 0 spiro atoms. The van der Waals surface area contributed by atoms with Crippen molar-refractivity contribution in [2.45, 2.75) is 25.8 Å². The second-order valence-corrected chi connectivity index (χ2v) is 6.51. The van der Waals surface area contributed by atoms with Gasteiger partial charge in [0, 0.05) is 23.8 Å². The minimum absolute atomic E-state index is 0.137. The van der Waals surface area contributed by atoms with Crippen molar-refractivity contribution < 1.29 is 14.7 Å². The number of hydrogen-bond donors (Lipinski definition) is 1. The maximum atomic E-state index is 12.7. The normalized spacial score (nSPS) is 15.1. The number of carbonyl (C=O) groups is 2. The van der Waals surface area contributed by atoms with Gasteiger partial charge in [0.05, 0.1) is 23.4 Å². The Morgan fingerprint density at radius 3 is 2.62 bits per heavy atom. The van der Waals surface area contributed by atoms with Crippen LogP contribution in [0.15, 0.2) is 36.7 Å². The second kappa shape index (κ2) is 6.65. The molecule has 7 heteroatoms. The number of rotatable bonds is 6. The van der Waals surface area contributed by atoms with Gasteiger partial charge in [0.2, 0.25) is 0 Å². The molecule has 6 nitrogen and oxygen atoms in total. The summed E-state index contributed by atoms with van der Waals surface area (Å²) in [6.07, 6.45) is 5.01. The topological polar surface area (TPSA) is 75.4 Å². The van der Waals surface area contributed by atoms with Crippen molar-refractivity contribution in [1.29, 1.82) is 0 Å². The van der Waals surface area contributed by atoms with Crippen LogP contribution in [0.1, 0.15) is 30.1 Å². The molecule has 0 bridgehead atoms. The highest BCUT2D eigenvalue weighted by atomic mass is 35.5. The quantitative estimate of drug-likeness (QED) is 0.871. The van der Waals surface area contributed by atoms with Gasteiger partial charge in [-0.15, -0.1) is 0 Å². The van der Waals surface area contributed by atoms with E-state index in [0.717, 1.165) is 18.5 Å². The van der Waals surface area contributed by atoms with E-state index in [0.29, 0.717) is 10.6 Å². The van der Waals surface area contributed by atoms with Crippen molar-refractivity contribution in [3.63, 3.8) is 0 Å². The maximum absolute atomic E-state index is 12.7. The van der Waals surface area contributed by atoms with Crippen LogP contribution in [0.4, 0.5) is 0 Å². The average Bonchev–Trinajstić information content (AvgIpc) is 3.28. The van der Waals surface area contributed by atoms with Crippen LogP contribution in [0.5, 0.6) is 0 Å². The molecule has 1 aliphatic rings. The number of nitrogens with zero attached hydrogens (tertiary/aromatic N) is 3. The Balaban J connectivity index is 1.78. The highest BCUT2D eigenvalue weighted by Gasteiger charge is 2.35. The fraction of sp³-hybridized carbons (Fsp3) is 0.353. The van der Waals surface area contributed by atoms with E-state index in [1.54, 1.807) is 34.8 Å². The summed E-state index contributed by atoms with van der Waals surface area (Å²) in [5.74, 6) is -1.67. The Hall–Kier alpha value is -2.34. The molecule has 3 rings (SSSR count). The maximum Gasteiger partial charge on any atom is 0.308 e. The Bertz CT molecular complexity index is 753. The van der Waals surface area contributed by atoms with Crippen LogP contribution >= 0.6 is 11.6 Å². The molecule has 2 aromatic rings. The van der Waals surface area contributed by atoms with Crippen molar-refractivity contribution in [3.8, 4) is 5.69 Å². The van der Waals surface area contributed by atoms with Crippen LogP contribution in [-0.4, -0.2) is 44.3 Å². The van der Waals surface area contributed by atoms with Gasteiger partial charge in [-0.25, -0.2) is 4.68 Å². The van der Waals surface area contributed by atoms with E-state index >= 15 is 0 Å². The fourth-order valence-electron chi connectivity index (χ4n) is 2.49. The Labute approximate surface area is 144 Å². The van der Waals surface area contributed by atoms with Crippen LogP contribution in [-0.2, 0) is 4.79 Å². The number of hydrogen-bond acceptors (Lipinski definition) is 3. The van der Waals surface area contributed by atoms with E-state index in [-0.39, 0.29) is 18.5 Å². The van der Waals surface area contributed by atoms with Crippen LogP contribution in [0.2, 0.25) is 5.02 Å². The van der Waals surface area contributed by atoms with Gasteiger partial charge < -0.3 is 10.0 Å². The number of halogens is 1. The average molecular weight is 348 g/mol. The summed E-state index contributed by atoms with van der Waals surface area (Å²) in [6.45, 7) is 1.83. The first-order valence-electron chi connectivity index (χ1n) is 7.80. The molecule has 1 atom stereocenters. The van der Waals surface area contributed by atoms with E-state index < -0.39 is 11.9 Å². The van der Waals surface area contributed by atoms with Crippen molar-refractivity contribution in [2.24, 2.45) is 5.92 Å². The third-order valence-electron chi connectivity index (χ3n) is 4.06. The molecule has 1 aliphatic carbocycles. The molecule has 0 saturated heterocycles. The van der Waals surface area contributed by atoms with Crippen molar-refractivity contribution >= 4 is 23.5 Å². The molecule has 1 fully saturated rings.